The zero-order valence-corrected chi connectivity index (χ0v) is 13.1. The van der Waals surface area contributed by atoms with E-state index >= 15 is 0 Å². The molecule has 0 amide bonds. The molecule has 0 spiro atoms. The van der Waals surface area contributed by atoms with Gasteiger partial charge in [0, 0.05) is 0 Å². The fraction of sp³-hybridized carbons (Fsp3) is 0.538. The first-order valence-electron chi connectivity index (χ1n) is 5.37. The first-order chi connectivity index (χ1) is 6.39. The Kier molecular flexibility index (Phi) is 5.80. The van der Waals surface area contributed by atoms with E-state index in [-0.39, 0.29) is 0 Å². The van der Waals surface area contributed by atoms with E-state index in [1.807, 2.05) is 0 Å². The quantitative estimate of drug-likeness (QED) is 0.630. The molecule has 0 aromatic carbocycles. The summed E-state index contributed by atoms with van der Waals surface area (Å²) in [5.41, 5.74) is 0. The minimum atomic E-state index is -2.45. The Morgan fingerprint density at radius 2 is 1.29 bits per heavy atom. The molecule has 14 heavy (non-hydrogen) atoms. The summed E-state index contributed by atoms with van der Waals surface area (Å²) in [7, 11) is 0. The number of unbranched alkanes of at least 4 members (excludes halogenated alkanes) is 1. The Hall–Kier alpha value is 0.0187. The van der Waals surface area contributed by atoms with Crippen molar-refractivity contribution in [1.29, 1.82) is 0 Å². The molecule has 0 rings (SSSR count). The average Bonchev–Trinajstić information content (AvgIpc) is 2.03. The SMILES string of the molecule is C=[C](C)[Sn]([CH2]CCC)([C](=C)C)[C](=C)C. The minimum absolute atomic E-state index is 1.26. The van der Waals surface area contributed by atoms with Crippen molar-refractivity contribution in [2.24, 2.45) is 0 Å². The van der Waals surface area contributed by atoms with E-state index in [0.29, 0.717) is 0 Å². The maximum absolute atomic E-state index is 4.19. The van der Waals surface area contributed by atoms with Crippen molar-refractivity contribution >= 4 is 18.4 Å². The molecule has 0 nitrogen and oxygen atoms in total. The summed E-state index contributed by atoms with van der Waals surface area (Å²) in [6, 6.07) is 0. The van der Waals surface area contributed by atoms with Crippen LogP contribution in [-0.2, 0) is 0 Å². The number of hydrogen-bond donors (Lipinski definition) is 0. The van der Waals surface area contributed by atoms with Crippen molar-refractivity contribution in [2.75, 3.05) is 0 Å². The second-order valence-electron chi connectivity index (χ2n) is 4.35. The zero-order chi connectivity index (χ0) is 11.4. The molecular formula is C13H24Sn. The van der Waals surface area contributed by atoms with Gasteiger partial charge < -0.3 is 0 Å². The Labute approximate surface area is 93.7 Å². The average molecular weight is 299 g/mol. The van der Waals surface area contributed by atoms with Crippen molar-refractivity contribution in [3.63, 3.8) is 0 Å². The van der Waals surface area contributed by atoms with Crippen LogP contribution in [0.5, 0.6) is 0 Å². The van der Waals surface area contributed by atoms with E-state index in [4.69, 9.17) is 0 Å². The van der Waals surface area contributed by atoms with Gasteiger partial charge in [0.1, 0.15) is 0 Å². The van der Waals surface area contributed by atoms with Crippen molar-refractivity contribution in [3.05, 3.63) is 30.5 Å². The Bertz CT molecular complexity index is 212. The molecule has 0 saturated carbocycles. The van der Waals surface area contributed by atoms with Crippen molar-refractivity contribution < 1.29 is 0 Å². The van der Waals surface area contributed by atoms with Gasteiger partial charge in [0.15, 0.2) is 0 Å². The van der Waals surface area contributed by atoms with E-state index in [1.165, 1.54) is 28.0 Å². The molecule has 0 saturated heterocycles. The third-order valence-corrected chi connectivity index (χ3v) is 18.7. The molecule has 0 aliphatic rings. The van der Waals surface area contributed by atoms with Gasteiger partial charge in [0.25, 0.3) is 0 Å². The van der Waals surface area contributed by atoms with Gasteiger partial charge in [-0.1, -0.05) is 0 Å². The Morgan fingerprint density at radius 1 is 0.929 bits per heavy atom. The van der Waals surface area contributed by atoms with Gasteiger partial charge in [-0.15, -0.1) is 0 Å². The molecule has 0 aromatic rings. The van der Waals surface area contributed by atoms with Crippen LogP contribution in [0.4, 0.5) is 0 Å². The molecule has 0 aliphatic carbocycles. The molecule has 0 aromatic heterocycles. The van der Waals surface area contributed by atoms with Crippen LogP contribution in [0.25, 0.3) is 0 Å². The standard InChI is InChI=1S/C4H9.3C3H5.Sn/c1-3-4-2;3*1-3-2;/h1,3-4H2,2H3;3*1H2,2H3;. The van der Waals surface area contributed by atoms with E-state index in [0.717, 1.165) is 0 Å². The zero-order valence-electron chi connectivity index (χ0n) is 10.2. The van der Waals surface area contributed by atoms with Crippen LogP contribution in [0.2, 0.25) is 4.44 Å². The monoisotopic (exact) mass is 300 g/mol. The summed E-state index contributed by atoms with van der Waals surface area (Å²) in [5, 5.41) is 0. The van der Waals surface area contributed by atoms with E-state index in [1.54, 1.807) is 0 Å². The van der Waals surface area contributed by atoms with Crippen LogP contribution in [0, 0.1) is 0 Å². The van der Waals surface area contributed by atoms with Crippen molar-refractivity contribution in [3.8, 4) is 0 Å². The molecule has 0 N–H and O–H groups in total. The predicted molar refractivity (Wildman–Crippen MR) is 69.9 cm³/mol. The van der Waals surface area contributed by atoms with Crippen LogP contribution >= 0.6 is 0 Å². The van der Waals surface area contributed by atoms with Crippen LogP contribution in [0.1, 0.15) is 40.5 Å². The maximum atomic E-state index is 4.19. The molecule has 0 radical (unpaired) electrons. The van der Waals surface area contributed by atoms with Gasteiger partial charge in [0.2, 0.25) is 0 Å². The van der Waals surface area contributed by atoms with Crippen LogP contribution < -0.4 is 0 Å². The second kappa shape index (κ2) is 5.79. The summed E-state index contributed by atoms with van der Waals surface area (Å²) < 4.78 is 5.46. The van der Waals surface area contributed by atoms with Crippen LogP contribution in [0.3, 0.4) is 0 Å². The fourth-order valence-electron chi connectivity index (χ4n) is 2.17. The molecule has 1 heteroatoms. The molecule has 0 atom stereocenters. The van der Waals surface area contributed by atoms with E-state index in [2.05, 4.69) is 47.4 Å². The summed E-state index contributed by atoms with van der Waals surface area (Å²) in [6.45, 7) is 21.4. The molecule has 0 unspecified atom stereocenters. The first-order valence-corrected chi connectivity index (χ1v) is 11.7. The number of rotatable bonds is 6. The van der Waals surface area contributed by atoms with Gasteiger partial charge in [-0.2, -0.15) is 0 Å². The Balaban J connectivity index is 5.06. The van der Waals surface area contributed by atoms with Gasteiger partial charge in [-0.25, -0.2) is 0 Å². The third kappa shape index (κ3) is 2.75. The molecule has 0 aliphatic heterocycles. The number of hydrogen-bond acceptors (Lipinski definition) is 0. The van der Waals surface area contributed by atoms with Crippen LogP contribution in [0.15, 0.2) is 30.5 Å². The summed E-state index contributed by atoms with van der Waals surface area (Å²) >= 11 is -2.45. The number of allylic oxidation sites excluding steroid dienone is 3. The van der Waals surface area contributed by atoms with Gasteiger partial charge >= 0.3 is 93.9 Å². The normalized spacial score (nSPS) is 11.1. The van der Waals surface area contributed by atoms with Gasteiger partial charge in [0.05, 0.1) is 0 Å². The molecule has 0 fully saturated rings. The summed E-state index contributed by atoms with van der Waals surface area (Å²) in [6.07, 6.45) is 2.55. The van der Waals surface area contributed by atoms with Crippen LogP contribution in [-0.4, -0.2) is 18.4 Å². The predicted octanol–water partition coefficient (Wildman–Crippen LogP) is 4.58. The molecule has 0 bridgehead atoms. The fourth-order valence-corrected chi connectivity index (χ4v) is 14.6. The summed E-state index contributed by atoms with van der Waals surface area (Å²) in [4.78, 5) is 0. The molecule has 80 valence electrons. The Morgan fingerprint density at radius 3 is 1.50 bits per heavy atom. The van der Waals surface area contributed by atoms with E-state index < -0.39 is 18.4 Å². The van der Waals surface area contributed by atoms with Gasteiger partial charge in [-0.05, 0) is 0 Å². The van der Waals surface area contributed by atoms with Gasteiger partial charge in [-0.3, -0.25) is 0 Å². The first kappa shape index (κ1) is 14.0. The van der Waals surface area contributed by atoms with Crippen molar-refractivity contribution in [1.82, 2.24) is 0 Å². The van der Waals surface area contributed by atoms with Crippen molar-refractivity contribution in [2.45, 2.75) is 45.0 Å². The molecule has 0 heterocycles. The van der Waals surface area contributed by atoms with E-state index in [9.17, 15) is 0 Å². The topological polar surface area (TPSA) is 0 Å². The second-order valence-corrected chi connectivity index (χ2v) is 18.3. The molecular weight excluding hydrogens is 275 g/mol. The third-order valence-electron chi connectivity index (χ3n) is 3.09. The summed E-state index contributed by atoms with van der Waals surface area (Å²) in [5.74, 6) is 0.